The minimum absolute atomic E-state index is 0.159. The lowest BCUT2D eigenvalue weighted by molar-refractivity contribution is 0.0995. The van der Waals surface area contributed by atoms with Gasteiger partial charge in [0, 0.05) is 12.2 Å². The topological polar surface area (TPSA) is 79.6 Å². The lowest BCUT2D eigenvalue weighted by Crippen LogP contribution is -2.29. The SMILES string of the molecule is O=C(Nc1ccc(S(=O)(=O)N2CCc3ccccc32)cc1)c1ccc(Br)o1. The maximum Gasteiger partial charge on any atom is 0.291 e. The van der Waals surface area contributed by atoms with Crippen molar-refractivity contribution < 1.29 is 17.6 Å². The van der Waals surface area contributed by atoms with Crippen molar-refractivity contribution in [2.45, 2.75) is 11.3 Å². The number of nitrogens with zero attached hydrogens (tertiary/aromatic N) is 1. The molecule has 0 saturated carbocycles. The number of furan rings is 1. The molecule has 0 atom stereocenters. The summed E-state index contributed by atoms with van der Waals surface area (Å²) in [5.74, 6) is -0.253. The summed E-state index contributed by atoms with van der Waals surface area (Å²) in [4.78, 5) is 12.3. The standard InChI is InChI=1S/C19H15BrN2O4S/c20-18-10-9-17(26-18)19(23)21-14-5-7-15(8-6-14)27(24,25)22-12-11-13-3-1-2-4-16(13)22/h1-10H,11-12H2,(H,21,23). The molecule has 6 nitrogen and oxygen atoms in total. The molecule has 1 N–H and O–H groups in total. The fourth-order valence-corrected chi connectivity index (χ4v) is 4.83. The van der Waals surface area contributed by atoms with Crippen molar-refractivity contribution in [2.24, 2.45) is 0 Å². The molecule has 1 amide bonds. The second-order valence-electron chi connectivity index (χ2n) is 6.04. The normalized spacial score (nSPS) is 13.4. The Hall–Kier alpha value is -2.58. The average Bonchev–Trinajstić information content (AvgIpc) is 3.29. The van der Waals surface area contributed by atoms with Gasteiger partial charge in [0.2, 0.25) is 0 Å². The van der Waals surface area contributed by atoms with Gasteiger partial charge in [-0.3, -0.25) is 9.10 Å². The lowest BCUT2D eigenvalue weighted by Gasteiger charge is -2.19. The number of anilines is 2. The van der Waals surface area contributed by atoms with Gasteiger partial charge in [0.25, 0.3) is 15.9 Å². The molecule has 0 radical (unpaired) electrons. The fourth-order valence-electron chi connectivity index (χ4n) is 3.02. The predicted octanol–water partition coefficient (Wildman–Crippen LogP) is 4.05. The van der Waals surface area contributed by atoms with Gasteiger partial charge < -0.3 is 9.73 Å². The van der Waals surface area contributed by atoms with E-state index in [4.69, 9.17) is 4.42 Å². The van der Waals surface area contributed by atoms with Crippen LogP contribution in [0.3, 0.4) is 0 Å². The summed E-state index contributed by atoms with van der Waals surface area (Å²) in [5, 5.41) is 2.67. The van der Waals surface area contributed by atoms with Crippen molar-refractivity contribution >= 4 is 43.2 Å². The van der Waals surface area contributed by atoms with Crippen LogP contribution in [0.15, 0.2) is 74.6 Å². The monoisotopic (exact) mass is 446 g/mol. The van der Waals surface area contributed by atoms with Gasteiger partial charge in [0.1, 0.15) is 0 Å². The highest BCUT2D eigenvalue weighted by molar-refractivity contribution is 9.10. The maximum absolute atomic E-state index is 13.0. The smallest absolute Gasteiger partial charge is 0.291 e. The number of nitrogens with one attached hydrogen (secondary N) is 1. The third-order valence-corrected chi connectivity index (χ3v) is 6.60. The minimum Gasteiger partial charge on any atom is -0.444 e. The van der Waals surface area contributed by atoms with Crippen molar-refractivity contribution in [3.8, 4) is 0 Å². The van der Waals surface area contributed by atoms with E-state index in [0.29, 0.717) is 23.3 Å². The number of para-hydroxylation sites is 1. The van der Waals surface area contributed by atoms with Crippen LogP contribution in [-0.4, -0.2) is 20.9 Å². The summed E-state index contributed by atoms with van der Waals surface area (Å²) >= 11 is 3.14. The molecule has 27 heavy (non-hydrogen) atoms. The first-order valence-electron chi connectivity index (χ1n) is 8.22. The summed E-state index contributed by atoms with van der Waals surface area (Å²) < 4.78 is 33.0. The highest BCUT2D eigenvalue weighted by Crippen LogP contribution is 2.32. The highest BCUT2D eigenvalue weighted by atomic mass is 79.9. The summed E-state index contributed by atoms with van der Waals surface area (Å²) in [6, 6.07) is 16.8. The number of hydrogen-bond acceptors (Lipinski definition) is 4. The van der Waals surface area contributed by atoms with Crippen LogP contribution >= 0.6 is 15.9 Å². The van der Waals surface area contributed by atoms with E-state index in [9.17, 15) is 13.2 Å². The molecular weight excluding hydrogens is 432 g/mol. The van der Waals surface area contributed by atoms with E-state index >= 15 is 0 Å². The van der Waals surface area contributed by atoms with Gasteiger partial charge in [-0.1, -0.05) is 18.2 Å². The Morgan fingerprint density at radius 1 is 1.04 bits per heavy atom. The molecule has 0 saturated heterocycles. The van der Waals surface area contributed by atoms with Gasteiger partial charge in [-0.15, -0.1) is 0 Å². The molecule has 1 aliphatic rings. The Labute approximate surface area is 165 Å². The lowest BCUT2D eigenvalue weighted by atomic mass is 10.2. The van der Waals surface area contributed by atoms with E-state index in [2.05, 4.69) is 21.2 Å². The molecule has 3 aromatic rings. The second kappa shape index (κ2) is 6.86. The van der Waals surface area contributed by atoms with Gasteiger partial charge >= 0.3 is 0 Å². The molecule has 0 aliphatic carbocycles. The number of carbonyl (C=O) groups excluding carboxylic acids is 1. The molecule has 0 spiro atoms. The summed E-state index contributed by atoms with van der Waals surface area (Å²) in [6.45, 7) is 0.424. The van der Waals surface area contributed by atoms with E-state index in [1.54, 1.807) is 24.3 Å². The van der Waals surface area contributed by atoms with Crippen LogP contribution in [-0.2, 0) is 16.4 Å². The van der Waals surface area contributed by atoms with E-state index in [0.717, 1.165) is 11.3 Å². The molecule has 2 heterocycles. The van der Waals surface area contributed by atoms with Gasteiger partial charge in [0.15, 0.2) is 10.4 Å². The molecule has 4 rings (SSSR count). The summed E-state index contributed by atoms with van der Waals surface area (Å²) in [7, 11) is -3.65. The van der Waals surface area contributed by atoms with Crippen molar-refractivity contribution in [2.75, 3.05) is 16.2 Å². The largest absolute Gasteiger partial charge is 0.444 e. The number of carbonyl (C=O) groups is 1. The fraction of sp³-hybridized carbons (Fsp3) is 0.105. The Morgan fingerprint density at radius 3 is 2.48 bits per heavy atom. The van der Waals surface area contributed by atoms with Crippen molar-refractivity contribution in [3.05, 3.63) is 76.7 Å². The maximum atomic E-state index is 13.0. The first-order chi connectivity index (χ1) is 12.9. The number of hydrogen-bond donors (Lipinski definition) is 1. The number of amides is 1. The van der Waals surface area contributed by atoms with Crippen LogP contribution in [0.1, 0.15) is 16.1 Å². The molecule has 8 heteroatoms. The Kier molecular flexibility index (Phi) is 4.53. The number of sulfonamides is 1. The van der Waals surface area contributed by atoms with E-state index < -0.39 is 15.9 Å². The van der Waals surface area contributed by atoms with E-state index in [-0.39, 0.29) is 10.7 Å². The van der Waals surface area contributed by atoms with Crippen molar-refractivity contribution in [3.63, 3.8) is 0 Å². The molecule has 2 aromatic carbocycles. The van der Waals surface area contributed by atoms with E-state index in [1.165, 1.54) is 16.4 Å². The Morgan fingerprint density at radius 2 is 1.78 bits per heavy atom. The molecule has 0 bridgehead atoms. The molecule has 1 aromatic heterocycles. The summed E-state index contributed by atoms with van der Waals surface area (Å²) in [6.07, 6.45) is 0.697. The van der Waals surface area contributed by atoms with Crippen molar-refractivity contribution in [1.82, 2.24) is 0 Å². The summed E-state index contributed by atoms with van der Waals surface area (Å²) in [5.41, 5.74) is 2.22. The third kappa shape index (κ3) is 3.38. The zero-order valence-corrected chi connectivity index (χ0v) is 16.5. The van der Waals surface area contributed by atoms with Gasteiger partial charge in [-0.25, -0.2) is 8.42 Å². The third-order valence-electron chi connectivity index (χ3n) is 4.34. The van der Waals surface area contributed by atoms with Crippen LogP contribution < -0.4 is 9.62 Å². The molecular formula is C19H15BrN2O4S. The van der Waals surface area contributed by atoms with Gasteiger partial charge in [0.05, 0.1) is 10.6 Å². The Balaban J connectivity index is 1.54. The second-order valence-corrected chi connectivity index (χ2v) is 8.68. The molecule has 0 unspecified atom stereocenters. The predicted molar refractivity (Wildman–Crippen MR) is 105 cm³/mol. The highest BCUT2D eigenvalue weighted by Gasteiger charge is 2.30. The zero-order chi connectivity index (χ0) is 19.0. The van der Waals surface area contributed by atoms with Crippen LogP contribution in [0.5, 0.6) is 0 Å². The van der Waals surface area contributed by atoms with Gasteiger partial charge in [-0.2, -0.15) is 0 Å². The zero-order valence-electron chi connectivity index (χ0n) is 14.1. The first kappa shape index (κ1) is 17.8. The average molecular weight is 447 g/mol. The quantitative estimate of drug-likeness (QED) is 0.655. The van der Waals surface area contributed by atoms with E-state index in [1.807, 2.05) is 24.3 Å². The molecule has 0 fully saturated rings. The number of benzene rings is 2. The molecule has 1 aliphatic heterocycles. The molecule has 138 valence electrons. The minimum atomic E-state index is -3.65. The van der Waals surface area contributed by atoms with Crippen LogP contribution in [0.25, 0.3) is 0 Å². The first-order valence-corrected chi connectivity index (χ1v) is 10.5. The Bertz CT molecular complexity index is 1110. The number of rotatable bonds is 4. The van der Waals surface area contributed by atoms with Crippen LogP contribution in [0.2, 0.25) is 0 Å². The van der Waals surface area contributed by atoms with Gasteiger partial charge in [-0.05, 0) is 70.4 Å². The van der Waals surface area contributed by atoms with Crippen LogP contribution in [0, 0.1) is 0 Å². The van der Waals surface area contributed by atoms with Crippen LogP contribution in [0.4, 0.5) is 11.4 Å². The number of halogens is 1. The number of fused-ring (bicyclic) bond motifs is 1. The van der Waals surface area contributed by atoms with Crippen molar-refractivity contribution in [1.29, 1.82) is 0 Å².